The minimum Gasteiger partial charge on any atom is -0.758 e. The number of aliphatic hydroxyl groups is 2. The molecule has 1 spiro atoms. The summed E-state index contributed by atoms with van der Waals surface area (Å²) in [5, 5.41) is 36.6. The Morgan fingerprint density at radius 3 is 2.47 bits per heavy atom. The van der Waals surface area contributed by atoms with Crippen LogP contribution in [0.3, 0.4) is 0 Å². The van der Waals surface area contributed by atoms with Crippen LogP contribution in [0.25, 0.3) is 11.4 Å². The number of anilines is 3. The molecule has 18 heteroatoms. The van der Waals surface area contributed by atoms with E-state index in [1.807, 2.05) is 6.92 Å². The minimum atomic E-state index is -4.61. The summed E-state index contributed by atoms with van der Waals surface area (Å²) >= 11 is 0. The number of carbonyl (C=O) groups excluding carboxylic acids is 1. The molecular weight excluding hydrogens is 940 g/mol. The molecule has 386 valence electrons. The lowest BCUT2D eigenvalue weighted by Gasteiger charge is -2.58. The van der Waals surface area contributed by atoms with Crippen LogP contribution in [0.5, 0.6) is 17.4 Å². The van der Waals surface area contributed by atoms with Crippen molar-refractivity contribution in [3.8, 4) is 17.4 Å². The number of hydroxylamine groups is 1. The third-order valence-corrected chi connectivity index (χ3v) is 17.1. The number of benzene rings is 2. The number of amides is 1. The van der Waals surface area contributed by atoms with E-state index in [0.29, 0.717) is 48.5 Å². The first kappa shape index (κ1) is 51.3. The number of β-amino-alcohol motifs (C(OH)–C–C–N with tert-alkyl or cyclic N) is 1. The van der Waals surface area contributed by atoms with Gasteiger partial charge in [0.25, 0.3) is 21.8 Å². The van der Waals surface area contributed by atoms with Gasteiger partial charge in [0, 0.05) is 81.4 Å². The van der Waals surface area contributed by atoms with Crippen LogP contribution < -0.4 is 29.5 Å². The molecule has 1 atom stereocenters. The van der Waals surface area contributed by atoms with E-state index in [9.17, 15) is 28.6 Å². The van der Waals surface area contributed by atoms with Crippen LogP contribution >= 0.6 is 0 Å². The molecule has 2 aromatic carbocycles. The first-order valence-electron chi connectivity index (χ1n) is 25.2. The molecule has 4 fully saturated rings. The van der Waals surface area contributed by atoms with Crippen LogP contribution in [0.15, 0.2) is 78.3 Å². The average Bonchev–Trinajstić information content (AvgIpc) is 3.62. The molecule has 9 rings (SSSR count). The van der Waals surface area contributed by atoms with Crippen molar-refractivity contribution in [2.75, 3.05) is 81.9 Å². The Balaban J connectivity index is 0.933. The number of nitrogens with one attached hydrogen (secondary N) is 2. The predicted molar refractivity (Wildman–Crippen MR) is 278 cm³/mol. The number of pyridine rings is 2. The molecule has 0 radical (unpaired) electrons. The minimum absolute atomic E-state index is 0.00204. The van der Waals surface area contributed by atoms with Crippen molar-refractivity contribution in [2.24, 2.45) is 11.3 Å². The SMILES string of the molecule is C=C1C=C(F)c2cc(Oc3cc(N4CCC5(CC4)CC(N4CCN(CCO)C[C@H]4c4ccccc4C(C)C)C5)ccc3C(=O)NS(=O)(=O)c3cnc(NCC4CCC(C)(O)CC4)c(N(C)[O-])c3)c(OC)nc21. The van der Waals surface area contributed by atoms with Crippen LogP contribution in [0.4, 0.5) is 21.6 Å². The molecule has 0 unspecified atom stereocenters. The zero-order valence-electron chi connectivity index (χ0n) is 42.0. The van der Waals surface area contributed by atoms with Gasteiger partial charge in [0.05, 0.1) is 36.3 Å². The van der Waals surface area contributed by atoms with Crippen molar-refractivity contribution in [1.82, 2.24) is 24.5 Å². The number of rotatable bonds is 16. The molecule has 2 saturated carbocycles. The quantitative estimate of drug-likeness (QED) is 0.0783. The third-order valence-electron chi connectivity index (χ3n) is 15.8. The Bertz CT molecular complexity index is 2810. The first-order valence-corrected chi connectivity index (χ1v) is 26.7. The Labute approximate surface area is 422 Å². The van der Waals surface area contributed by atoms with Crippen molar-refractivity contribution >= 4 is 44.5 Å². The fourth-order valence-corrected chi connectivity index (χ4v) is 12.5. The smallest absolute Gasteiger partial charge is 0.268 e. The number of fused-ring (bicyclic) bond motifs is 1. The highest BCUT2D eigenvalue weighted by Gasteiger charge is 2.50. The number of piperazine rings is 1. The number of halogens is 1. The molecule has 4 aromatic rings. The van der Waals surface area contributed by atoms with E-state index in [0.717, 1.165) is 89.2 Å². The second-order valence-electron chi connectivity index (χ2n) is 21.1. The van der Waals surface area contributed by atoms with Gasteiger partial charge in [-0.25, -0.2) is 27.5 Å². The van der Waals surface area contributed by atoms with Gasteiger partial charge in [0.1, 0.15) is 22.3 Å². The maximum atomic E-state index is 15.1. The lowest BCUT2D eigenvalue weighted by atomic mass is 9.59. The number of aromatic nitrogens is 2. The lowest BCUT2D eigenvalue weighted by molar-refractivity contribution is -0.0629. The number of carbonyl (C=O) groups is 1. The topological polar surface area (TPSA) is 196 Å². The van der Waals surface area contributed by atoms with Crippen molar-refractivity contribution in [2.45, 2.75) is 101 Å². The lowest BCUT2D eigenvalue weighted by Crippen LogP contribution is -2.60. The molecule has 2 saturated heterocycles. The molecule has 4 N–H and O–H groups in total. The molecule has 72 heavy (non-hydrogen) atoms. The van der Waals surface area contributed by atoms with Crippen molar-refractivity contribution in [3.63, 3.8) is 0 Å². The van der Waals surface area contributed by atoms with Crippen molar-refractivity contribution in [1.29, 1.82) is 0 Å². The highest BCUT2D eigenvalue weighted by atomic mass is 32.2. The summed E-state index contributed by atoms with van der Waals surface area (Å²) in [5.41, 5.74) is 3.61. The summed E-state index contributed by atoms with van der Waals surface area (Å²) in [4.78, 5) is 29.9. The number of aliphatic hydroxyl groups excluding tert-OH is 1. The zero-order chi connectivity index (χ0) is 51.1. The van der Waals surface area contributed by atoms with Crippen LogP contribution in [0, 0.1) is 16.5 Å². The molecule has 2 aromatic heterocycles. The normalized spacial score (nSPS) is 22.6. The Kier molecular flexibility index (Phi) is 14.7. The summed E-state index contributed by atoms with van der Waals surface area (Å²) in [7, 11) is -1.98. The Hall–Kier alpha value is -5.63. The summed E-state index contributed by atoms with van der Waals surface area (Å²) in [6, 6.07) is 17.0. The standard InChI is InChI=1S/C54H68FN8O8S/c1-34(2)40-9-7-8-10-41(40)46-33-61(23-24-64)21-22-63(46)38-29-54(30-38)17-19-62(20-18-54)37-11-12-42(47(26-37)71-48-28-43-44(55)25-35(3)49(43)58-52(48)70-6)51(65)59-72(68,69)39-27-45(60(5)67)50(57-32-39)56-31-36-13-15-53(4,66)16-14-36/h7-12,25-28,32,34,36,38,46,64,66H,3,13-24,29-31,33H2,1-2,4-6H3,(H,56,57)(H,59,65)/q-1/t36?,46-,53?/m0/s1. The highest BCUT2D eigenvalue weighted by Crippen LogP contribution is 2.53. The number of methoxy groups -OCH3 is 1. The van der Waals surface area contributed by atoms with Crippen LogP contribution in [-0.2, 0) is 10.0 Å². The van der Waals surface area contributed by atoms with E-state index in [2.05, 4.69) is 79.4 Å². The molecule has 4 heterocycles. The van der Waals surface area contributed by atoms with Crippen molar-refractivity contribution < 1.29 is 37.3 Å². The number of hydrogen-bond donors (Lipinski definition) is 4. The van der Waals surface area contributed by atoms with Crippen LogP contribution in [-0.4, -0.2) is 123 Å². The van der Waals surface area contributed by atoms with Gasteiger partial charge < -0.3 is 40.2 Å². The fraction of sp³-hybridized carbons (Fsp3) is 0.500. The number of piperidine rings is 1. The van der Waals surface area contributed by atoms with Gasteiger partial charge in [-0.2, -0.15) is 0 Å². The molecule has 2 aliphatic heterocycles. The van der Waals surface area contributed by atoms with Gasteiger partial charge in [0.15, 0.2) is 5.75 Å². The summed E-state index contributed by atoms with van der Waals surface area (Å²) < 4.78 is 57.2. The summed E-state index contributed by atoms with van der Waals surface area (Å²) in [6.45, 7) is 15.7. The number of nitrogens with zero attached hydrogens (tertiary/aromatic N) is 6. The predicted octanol–water partition coefficient (Wildman–Crippen LogP) is 8.24. The van der Waals surface area contributed by atoms with Gasteiger partial charge in [-0.1, -0.05) is 44.7 Å². The summed E-state index contributed by atoms with van der Waals surface area (Å²) in [6.07, 6.45) is 9.34. The number of allylic oxidation sites excluding steroid dienone is 2. The van der Waals surface area contributed by atoms with Crippen molar-refractivity contribution in [3.05, 3.63) is 107 Å². The van der Waals surface area contributed by atoms with Gasteiger partial charge in [0.2, 0.25) is 0 Å². The zero-order valence-corrected chi connectivity index (χ0v) is 42.8. The van der Waals surface area contributed by atoms with Gasteiger partial charge in [-0.05, 0) is 130 Å². The van der Waals surface area contributed by atoms with Gasteiger partial charge >= 0.3 is 0 Å². The van der Waals surface area contributed by atoms with Crippen LogP contribution in [0.1, 0.15) is 117 Å². The van der Waals surface area contributed by atoms with Crippen LogP contribution in [0.2, 0.25) is 0 Å². The fourth-order valence-electron chi connectivity index (χ4n) is 11.5. The van der Waals surface area contributed by atoms with Gasteiger partial charge in [-0.15, -0.1) is 0 Å². The second-order valence-corrected chi connectivity index (χ2v) is 22.8. The molecule has 5 aliphatic rings. The Morgan fingerprint density at radius 2 is 1.78 bits per heavy atom. The second kappa shape index (κ2) is 20.7. The molecular formula is C54H68FN8O8S-. The molecule has 1 amide bonds. The number of ether oxygens (including phenoxy) is 2. The maximum Gasteiger partial charge on any atom is 0.268 e. The summed E-state index contributed by atoms with van der Waals surface area (Å²) in [5.74, 6) is -0.754. The first-order chi connectivity index (χ1) is 34.4. The largest absolute Gasteiger partial charge is 0.758 e. The maximum absolute atomic E-state index is 15.1. The van der Waals surface area contributed by atoms with E-state index in [4.69, 9.17) is 9.47 Å². The average molecular weight is 1010 g/mol. The molecule has 16 nitrogen and oxygen atoms in total. The molecule has 0 bridgehead atoms. The van der Waals surface area contributed by atoms with E-state index in [-0.39, 0.29) is 69.7 Å². The van der Waals surface area contributed by atoms with Gasteiger partial charge in [-0.3, -0.25) is 14.6 Å². The highest BCUT2D eigenvalue weighted by molar-refractivity contribution is 7.90. The monoisotopic (exact) mass is 1010 g/mol. The number of sulfonamides is 1. The Morgan fingerprint density at radius 1 is 1.04 bits per heavy atom. The van der Waals surface area contributed by atoms with E-state index < -0.39 is 32.3 Å². The third kappa shape index (κ3) is 10.7. The van der Waals surface area contributed by atoms with E-state index >= 15 is 4.39 Å². The van der Waals surface area contributed by atoms with E-state index in [1.54, 1.807) is 12.1 Å². The van der Waals surface area contributed by atoms with E-state index in [1.165, 1.54) is 43.5 Å². The number of hydrogen-bond acceptors (Lipinski definition) is 15. The molecule has 3 aliphatic carbocycles.